The van der Waals surface area contributed by atoms with Gasteiger partial charge in [0.05, 0.1) is 7.11 Å². The van der Waals surface area contributed by atoms with Gasteiger partial charge in [-0.15, -0.1) is 0 Å². The monoisotopic (exact) mass is 261 g/mol. The Labute approximate surface area is 111 Å². The Morgan fingerprint density at radius 1 is 1.32 bits per heavy atom. The lowest BCUT2D eigenvalue weighted by Crippen LogP contribution is -2.26. The molecule has 0 spiro atoms. The molecule has 0 aliphatic carbocycles. The summed E-state index contributed by atoms with van der Waals surface area (Å²) in [6.45, 7) is -0.539. The van der Waals surface area contributed by atoms with Crippen molar-refractivity contribution in [1.82, 2.24) is 5.32 Å². The molecule has 0 saturated heterocycles. The SMILES string of the molecule is COc1ccc2cccc(CCNC(=O)CF)c2c1. The molecule has 0 aliphatic rings. The van der Waals surface area contributed by atoms with Gasteiger partial charge < -0.3 is 10.1 Å². The van der Waals surface area contributed by atoms with E-state index in [2.05, 4.69) is 5.32 Å². The van der Waals surface area contributed by atoms with Crippen LogP contribution in [0.15, 0.2) is 36.4 Å². The van der Waals surface area contributed by atoms with Crippen LogP contribution in [0.25, 0.3) is 10.8 Å². The quantitative estimate of drug-likeness (QED) is 0.898. The lowest BCUT2D eigenvalue weighted by Gasteiger charge is -2.09. The van der Waals surface area contributed by atoms with E-state index in [1.807, 2.05) is 36.4 Å². The first-order chi connectivity index (χ1) is 9.24. The number of hydrogen-bond acceptors (Lipinski definition) is 2. The van der Waals surface area contributed by atoms with Crippen molar-refractivity contribution in [2.24, 2.45) is 0 Å². The van der Waals surface area contributed by atoms with Gasteiger partial charge in [0.1, 0.15) is 5.75 Å². The van der Waals surface area contributed by atoms with Crippen LogP contribution in [-0.2, 0) is 11.2 Å². The molecule has 2 rings (SSSR count). The molecule has 1 amide bonds. The highest BCUT2D eigenvalue weighted by Crippen LogP contribution is 2.24. The van der Waals surface area contributed by atoms with E-state index in [9.17, 15) is 9.18 Å². The van der Waals surface area contributed by atoms with E-state index in [1.54, 1.807) is 7.11 Å². The second-order valence-electron chi connectivity index (χ2n) is 4.24. The summed E-state index contributed by atoms with van der Waals surface area (Å²) >= 11 is 0. The number of halogens is 1. The van der Waals surface area contributed by atoms with Crippen molar-refractivity contribution in [2.75, 3.05) is 20.3 Å². The second-order valence-corrected chi connectivity index (χ2v) is 4.24. The molecule has 4 heteroatoms. The van der Waals surface area contributed by atoms with Crippen LogP contribution in [-0.4, -0.2) is 26.2 Å². The summed E-state index contributed by atoms with van der Waals surface area (Å²) in [7, 11) is 1.63. The minimum atomic E-state index is -0.969. The fraction of sp³-hybridized carbons (Fsp3) is 0.267. The fourth-order valence-corrected chi connectivity index (χ4v) is 2.05. The molecule has 2 aromatic rings. The Balaban J connectivity index is 2.19. The molecule has 0 bridgehead atoms. The molecule has 0 aromatic heterocycles. The van der Waals surface area contributed by atoms with Crippen LogP contribution in [0.5, 0.6) is 5.75 Å². The Kier molecular flexibility index (Phi) is 4.34. The highest BCUT2D eigenvalue weighted by Gasteiger charge is 2.04. The number of amides is 1. The number of methoxy groups -OCH3 is 1. The Morgan fingerprint density at radius 2 is 2.16 bits per heavy atom. The van der Waals surface area contributed by atoms with E-state index in [1.165, 1.54) is 0 Å². The van der Waals surface area contributed by atoms with Gasteiger partial charge in [0.2, 0.25) is 0 Å². The molecule has 0 fully saturated rings. The summed E-state index contributed by atoms with van der Waals surface area (Å²) in [4.78, 5) is 10.9. The molecular weight excluding hydrogens is 245 g/mol. The van der Waals surface area contributed by atoms with E-state index in [0.717, 1.165) is 22.1 Å². The number of alkyl halides is 1. The Hall–Kier alpha value is -2.10. The zero-order valence-corrected chi connectivity index (χ0v) is 10.8. The van der Waals surface area contributed by atoms with Gasteiger partial charge in [0.15, 0.2) is 6.67 Å². The smallest absolute Gasteiger partial charge is 0.251 e. The van der Waals surface area contributed by atoms with Gasteiger partial charge in [-0.1, -0.05) is 24.3 Å². The molecule has 0 heterocycles. The summed E-state index contributed by atoms with van der Waals surface area (Å²) in [5, 5.41) is 4.74. The largest absolute Gasteiger partial charge is 0.497 e. The zero-order chi connectivity index (χ0) is 13.7. The average molecular weight is 261 g/mol. The van der Waals surface area contributed by atoms with Gasteiger partial charge in [-0.05, 0) is 34.9 Å². The first kappa shape index (κ1) is 13.3. The lowest BCUT2D eigenvalue weighted by molar-refractivity contribution is -0.121. The maximum Gasteiger partial charge on any atom is 0.251 e. The normalized spacial score (nSPS) is 10.4. The topological polar surface area (TPSA) is 38.3 Å². The van der Waals surface area contributed by atoms with Crippen molar-refractivity contribution in [2.45, 2.75) is 6.42 Å². The average Bonchev–Trinajstić information content (AvgIpc) is 2.46. The minimum Gasteiger partial charge on any atom is -0.497 e. The standard InChI is InChI=1S/C15H16FNO2/c1-19-13-6-5-11-3-2-4-12(14(11)9-13)7-8-17-15(18)10-16/h2-6,9H,7-8,10H2,1H3,(H,17,18). The van der Waals surface area contributed by atoms with E-state index < -0.39 is 12.6 Å². The molecular formula is C15H16FNO2. The molecule has 0 atom stereocenters. The first-order valence-corrected chi connectivity index (χ1v) is 6.13. The molecule has 0 radical (unpaired) electrons. The van der Waals surface area contributed by atoms with Gasteiger partial charge in [-0.25, -0.2) is 4.39 Å². The van der Waals surface area contributed by atoms with Crippen molar-refractivity contribution in [1.29, 1.82) is 0 Å². The third kappa shape index (κ3) is 3.22. The van der Waals surface area contributed by atoms with Gasteiger partial charge >= 0.3 is 0 Å². The number of ether oxygens (including phenoxy) is 1. The van der Waals surface area contributed by atoms with Crippen LogP contribution in [0, 0.1) is 0 Å². The van der Waals surface area contributed by atoms with Crippen molar-refractivity contribution in [3.63, 3.8) is 0 Å². The van der Waals surface area contributed by atoms with E-state index in [-0.39, 0.29) is 0 Å². The summed E-state index contributed by atoms with van der Waals surface area (Å²) in [5.74, 6) is 0.227. The molecule has 2 aromatic carbocycles. The lowest BCUT2D eigenvalue weighted by atomic mass is 10.0. The van der Waals surface area contributed by atoms with Crippen LogP contribution in [0.1, 0.15) is 5.56 Å². The van der Waals surface area contributed by atoms with Crippen molar-refractivity contribution in [3.8, 4) is 5.75 Å². The third-order valence-electron chi connectivity index (χ3n) is 3.02. The number of nitrogens with one attached hydrogen (secondary N) is 1. The predicted octanol–water partition coefficient (Wildman–Crippen LogP) is 2.48. The summed E-state index contributed by atoms with van der Waals surface area (Å²) < 4.78 is 17.3. The van der Waals surface area contributed by atoms with Crippen LogP contribution >= 0.6 is 0 Å². The van der Waals surface area contributed by atoms with Crippen molar-refractivity contribution < 1.29 is 13.9 Å². The number of hydrogen-bond donors (Lipinski definition) is 1. The Morgan fingerprint density at radius 3 is 2.89 bits per heavy atom. The van der Waals surface area contributed by atoms with E-state index >= 15 is 0 Å². The fourth-order valence-electron chi connectivity index (χ4n) is 2.05. The van der Waals surface area contributed by atoms with Gasteiger partial charge in [-0.2, -0.15) is 0 Å². The predicted molar refractivity (Wildman–Crippen MR) is 73.2 cm³/mol. The molecule has 0 aliphatic heterocycles. The highest BCUT2D eigenvalue weighted by atomic mass is 19.1. The summed E-state index contributed by atoms with van der Waals surface area (Å²) in [5.41, 5.74) is 1.11. The number of carbonyl (C=O) groups excluding carboxylic acids is 1. The van der Waals surface area contributed by atoms with Crippen molar-refractivity contribution >= 4 is 16.7 Å². The van der Waals surface area contributed by atoms with Crippen LogP contribution < -0.4 is 10.1 Å². The van der Waals surface area contributed by atoms with Crippen LogP contribution in [0.3, 0.4) is 0 Å². The third-order valence-corrected chi connectivity index (χ3v) is 3.02. The van der Waals surface area contributed by atoms with Crippen LogP contribution in [0.2, 0.25) is 0 Å². The number of carbonyl (C=O) groups is 1. The molecule has 0 unspecified atom stereocenters. The molecule has 0 saturated carbocycles. The number of benzene rings is 2. The van der Waals surface area contributed by atoms with Crippen LogP contribution in [0.4, 0.5) is 4.39 Å². The van der Waals surface area contributed by atoms with Crippen molar-refractivity contribution in [3.05, 3.63) is 42.0 Å². The second kappa shape index (κ2) is 6.18. The highest BCUT2D eigenvalue weighted by molar-refractivity contribution is 5.87. The van der Waals surface area contributed by atoms with Gasteiger partial charge in [-0.3, -0.25) is 4.79 Å². The minimum absolute atomic E-state index is 0.430. The maximum atomic E-state index is 12.0. The molecule has 1 N–H and O–H groups in total. The molecule has 19 heavy (non-hydrogen) atoms. The molecule has 3 nitrogen and oxygen atoms in total. The Bertz CT molecular complexity index is 583. The number of rotatable bonds is 5. The zero-order valence-electron chi connectivity index (χ0n) is 10.8. The van der Waals surface area contributed by atoms with E-state index in [0.29, 0.717) is 13.0 Å². The maximum absolute atomic E-state index is 12.0. The number of fused-ring (bicyclic) bond motifs is 1. The summed E-state index contributed by atoms with van der Waals surface area (Å²) in [6, 6.07) is 11.9. The first-order valence-electron chi connectivity index (χ1n) is 6.13. The molecule has 100 valence electrons. The van der Waals surface area contributed by atoms with Gasteiger partial charge in [0, 0.05) is 6.54 Å². The van der Waals surface area contributed by atoms with Gasteiger partial charge in [0.25, 0.3) is 5.91 Å². The summed E-state index contributed by atoms with van der Waals surface area (Å²) in [6.07, 6.45) is 0.663. The van der Waals surface area contributed by atoms with E-state index in [4.69, 9.17) is 4.74 Å².